The van der Waals surface area contributed by atoms with Crippen LogP contribution < -0.4 is 15.7 Å². The standard InChI is InChI=1S/C42H18/c1-11-3-15-7-19-9-17-5-13-2-14-6-18-10-20-8-16-4-12(1)22-26(16)34-30(20)36-28(18)24(14)32-23(13)27(17)35-29(19)33-25(15)21(11)31(22)37-39(33)41(35)38(32)42(36)40(34)37/h1-3,7-11,14,18,21,24H,4-6H2. The lowest BCUT2D eigenvalue weighted by Crippen LogP contribution is -2.27. The fourth-order valence-corrected chi connectivity index (χ4v) is 14.0. The largest absolute Gasteiger partial charge is 0.0763 e. The molecule has 5 atom stereocenters. The van der Waals surface area contributed by atoms with Gasteiger partial charge in [-0.2, -0.15) is 0 Å². The first-order chi connectivity index (χ1) is 20.8. The molecule has 0 heterocycles. The summed E-state index contributed by atoms with van der Waals surface area (Å²) in [5.74, 6) is 2.84. The molecule has 42 heavy (non-hydrogen) atoms. The number of hydrogen-bond acceptors (Lipinski definition) is 0. The van der Waals surface area contributed by atoms with Gasteiger partial charge in [0.25, 0.3) is 0 Å². The van der Waals surface area contributed by atoms with Crippen LogP contribution in [-0.4, -0.2) is 0 Å². The molecule has 1 saturated carbocycles. The summed E-state index contributed by atoms with van der Waals surface area (Å²) >= 11 is 0. The average Bonchev–Trinajstić information content (AvgIpc) is 3.81. The van der Waals surface area contributed by atoms with Crippen LogP contribution in [0.3, 0.4) is 0 Å². The second-order valence-corrected chi connectivity index (χ2v) is 15.7. The first-order valence-corrected chi connectivity index (χ1v) is 16.3. The van der Waals surface area contributed by atoms with Gasteiger partial charge in [0.2, 0.25) is 0 Å². The summed E-state index contributed by atoms with van der Waals surface area (Å²) in [7, 11) is 0. The summed E-state index contributed by atoms with van der Waals surface area (Å²) in [4.78, 5) is 0. The zero-order chi connectivity index (χ0) is 25.5. The Morgan fingerprint density at radius 2 is 1.21 bits per heavy atom. The fraction of sp³-hybridized carbons (Fsp3) is 0.190. The Bertz CT molecular complexity index is 3260. The lowest BCUT2D eigenvalue weighted by atomic mass is 9.68. The van der Waals surface area contributed by atoms with Gasteiger partial charge in [-0.25, -0.2) is 0 Å². The van der Waals surface area contributed by atoms with E-state index in [0.29, 0.717) is 29.6 Å². The SMILES string of the molecule is C1=C2Cc3cc4c5c6c7c8c9c%10c%11c(cc%12cc%13c%14c%15c%12c%11c8c%15c8c(c2c3c5c87)C%14C1C=%13)CC%10=CC1CC(C=4)C=6C91. The molecule has 5 unspecified atom stereocenters. The molecule has 9 aliphatic rings. The van der Waals surface area contributed by atoms with E-state index in [0.717, 1.165) is 12.8 Å². The highest BCUT2D eigenvalue weighted by Crippen LogP contribution is 2.69. The maximum absolute atomic E-state index is 2.78. The maximum atomic E-state index is 2.78. The minimum absolute atomic E-state index is 0.501. The van der Waals surface area contributed by atoms with Crippen LogP contribution in [0.2, 0.25) is 0 Å². The molecular weight excluding hydrogens is 504 g/mol. The smallest absolute Gasteiger partial charge is 0.0212 e. The van der Waals surface area contributed by atoms with Crippen molar-refractivity contribution in [3.63, 3.8) is 0 Å². The van der Waals surface area contributed by atoms with Crippen molar-refractivity contribution in [2.45, 2.75) is 31.1 Å². The predicted octanol–water partition coefficient (Wildman–Crippen LogP) is 7.23. The first-order valence-electron chi connectivity index (χ1n) is 16.3. The van der Waals surface area contributed by atoms with Crippen LogP contribution in [0.4, 0.5) is 0 Å². The Kier molecular flexibility index (Phi) is 1.87. The molecule has 8 aromatic rings. The van der Waals surface area contributed by atoms with Gasteiger partial charge in [-0.15, -0.1) is 0 Å². The second kappa shape index (κ2) is 4.49. The molecule has 0 radical (unpaired) electrons. The lowest BCUT2D eigenvalue weighted by Gasteiger charge is -2.34. The van der Waals surface area contributed by atoms with E-state index in [1.807, 2.05) is 5.57 Å². The van der Waals surface area contributed by atoms with Crippen LogP contribution in [-0.2, 0) is 12.8 Å². The van der Waals surface area contributed by atoms with E-state index in [-0.39, 0.29) is 0 Å². The molecule has 0 aliphatic heterocycles. The second-order valence-electron chi connectivity index (χ2n) is 15.7. The van der Waals surface area contributed by atoms with Crippen LogP contribution in [0.25, 0.3) is 104 Å². The van der Waals surface area contributed by atoms with Crippen LogP contribution in [0.1, 0.15) is 57.2 Å². The van der Waals surface area contributed by atoms with E-state index in [4.69, 9.17) is 0 Å². The molecule has 0 nitrogen and oxygen atoms in total. The van der Waals surface area contributed by atoms with Gasteiger partial charge in [0.05, 0.1) is 0 Å². The normalized spacial score (nSPS) is 29.5. The molecule has 0 aromatic heterocycles. The predicted molar refractivity (Wildman–Crippen MR) is 172 cm³/mol. The van der Waals surface area contributed by atoms with Crippen molar-refractivity contribution < 1.29 is 0 Å². The van der Waals surface area contributed by atoms with E-state index in [9.17, 15) is 0 Å². The number of benzene rings is 6. The summed E-state index contributed by atoms with van der Waals surface area (Å²) in [5.41, 5.74) is 16.9. The minimum atomic E-state index is 0.501. The molecule has 0 N–H and O–H groups in total. The highest BCUT2D eigenvalue weighted by Gasteiger charge is 2.52. The molecule has 17 rings (SSSR count). The number of hydrogen-bond donors (Lipinski definition) is 0. The molecule has 186 valence electrons. The number of rotatable bonds is 0. The Labute approximate surface area is 237 Å². The molecule has 0 amide bonds. The molecule has 1 fully saturated rings. The van der Waals surface area contributed by atoms with Gasteiger partial charge < -0.3 is 0 Å². The quantitative estimate of drug-likeness (QED) is 0.146. The zero-order valence-electron chi connectivity index (χ0n) is 22.5. The third-order valence-electron chi connectivity index (χ3n) is 14.6. The number of allylic oxidation sites excluding steroid dienone is 4. The first kappa shape index (κ1) is 17.5. The van der Waals surface area contributed by atoms with E-state index >= 15 is 0 Å². The third kappa shape index (κ3) is 1.21. The molecular formula is C42H18. The Hall–Kier alpha value is -4.42. The van der Waals surface area contributed by atoms with Gasteiger partial charge in [0.15, 0.2) is 0 Å². The molecule has 8 aromatic carbocycles. The summed E-state index contributed by atoms with van der Waals surface area (Å²) in [6.45, 7) is 0. The van der Waals surface area contributed by atoms with Crippen molar-refractivity contribution in [1.29, 1.82) is 0 Å². The van der Waals surface area contributed by atoms with Gasteiger partial charge in [-0.3, -0.25) is 0 Å². The summed E-state index contributed by atoms with van der Waals surface area (Å²) in [6, 6.07) is 7.91. The van der Waals surface area contributed by atoms with Crippen molar-refractivity contribution in [3.8, 4) is 0 Å². The molecule has 9 aliphatic carbocycles. The van der Waals surface area contributed by atoms with Crippen molar-refractivity contribution in [1.82, 2.24) is 0 Å². The third-order valence-corrected chi connectivity index (χ3v) is 14.6. The van der Waals surface area contributed by atoms with E-state index in [1.165, 1.54) is 11.8 Å². The van der Waals surface area contributed by atoms with Gasteiger partial charge >= 0.3 is 0 Å². The Morgan fingerprint density at radius 1 is 0.500 bits per heavy atom. The zero-order valence-corrected chi connectivity index (χ0v) is 22.5. The molecule has 0 spiro atoms. The Morgan fingerprint density at radius 3 is 2.14 bits per heavy atom. The van der Waals surface area contributed by atoms with E-state index < -0.39 is 0 Å². The van der Waals surface area contributed by atoms with Crippen LogP contribution >= 0.6 is 0 Å². The topological polar surface area (TPSA) is 0 Å². The lowest BCUT2D eigenvalue weighted by molar-refractivity contribution is 0.605. The van der Waals surface area contributed by atoms with Crippen molar-refractivity contribution in [2.75, 3.05) is 0 Å². The summed E-state index contributed by atoms with van der Waals surface area (Å²) < 4.78 is 0. The summed E-state index contributed by atoms with van der Waals surface area (Å²) in [5, 5.41) is 28.0. The van der Waals surface area contributed by atoms with Crippen molar-refractivity contribution in [3.05, 3.63) is 85.0 Å². The van der Waals surface area contributed by atoms with Gasteiger partial charge in [-0.1, -0.05) is 36.4 Å². The molecule has 0 saturated heterocycles. The Balaban J connectivity index is 1.42. The summed E-state index contributed by atoms with van der Waals surface area (Å²) in [6.07, 6.45) is 14.5. The van der Waals surface area contributed by atoms with E-state index in [2.05, 4.69) is 42.5 Å². The van der Waals surface area contributed by atoms with Crippen molar-refractivity contribution in [2.24, 2.45) is 17.8 Å². The molecule has 0 heteroatoms. The van der Waals surface area contributed by atoms with Gasteiger partial charge in [-0.05, 0) is 178 Å². The van der Waals surface area contributed by atoms with Gasteiger partial charge in [0.1, 0.15) is 0 Å². The highest BCUT2D eigenvalue weighted by atomic mass is 14.5. The molecule has 0 bridgehead atoms. The van der Waals surface area contributed by atoms with Crippen LogP contribution in [0, 0.1) is 17.8 Å². The maximum Gasteiger partial charge on any atom is 0.0212 e. The van der Waals surface area contributed by atoms with Crippen LogP contribution in [0.15, 0.2) is 30.4 Å². The minimum Gasteiger partial charge on any atom is -0.0763 e. The fourth-order valence-electron chi connectivity index (χ4n) is 14.0. The average molecular weight is 523 g/mol. The van der Waals surface area contributed by atoms with Crippen LogP contribution in [0.5, 0.6) is 0 Å². The highest BCUT2D eigenvalue weighted by molar-refractivity contribution is 6.53. The van der Waals surface area contributed by atoms with Gasteiger partial charge in [0, 0.05) is 23.7 Å². The van der Waals surface area contributed by atoms with Crippen molar-refractivity contribution >= 4 is 104 Å². The monoisotopic (exact) mass is 522 g/mol. The van der Waals surface area contributed by atoms with E-state index in [1.54, 1.807) is 136 Å².